The molecule has 0 aromatic carbocycles. The highest BCUT2D eigenvalue weighted by Crippen LogP contribution is 2.34. The largest absolute Gasteiger partial charge is 0.490 e. The van der Waals surface area contributed by atoms with Crippen molar-refractivity contribution >= 4 is 11.9 Å². The van der Waals surface area contributed by atoms with Gasteiger partial charge in [-0.3, -0.25) is 14.7 Å². The van der Waals surface area contributed by atoms with E-state index >= 15 is 0 Å². The second kappa shape index (κ2) is 10.0. The van der Waals surface area contributed by atoms with E-state index in [4.69, 9.17) is 19.2 Å². The van der Waals surface area contributed by atoms with E-state index in [2.05, 4.69) is 25.3 Å². The molecule has 0 spiro atoms. The molecule has 2 aliphatic heterocycles. The Morgan fingerprint density at radius 2 is 2.06 bits per heavy atom. The molecule has 4 heterocycles. The molecule has 3 atom stereocenters. The van der Waals surface area contributed by atoms with Crippen LogP contribution in [0, 0.1) is 18.8 Å². The fourth-order valence-corrected chi connectivity index (χ4v) is 3.67. The van der Waals surface area contributed by atoms with Crippen LogP contribution in [0.2, 0.25) is 0 Å². The van der Waals surface area contributed by atoms with Crippen LogP contribution in [0.4, 0.5) is 13.2 Å². The van der Waals surface area contributed by atoms with Crippen LogP contribution < -0.4 is 5.32 Å². The number of fused-ring (bicyclic) bond motifs is 1. The fraction of sp³-hybridized carbons (Fsp3) is 0.526. The smallest absolute Gasteiger partial charge is 0.475 e. The summed E-state index contributed by atoms with van der Waals surface area (Å²) in [5.41, 5.74) is 1.29. The maximum Gasteiger partial charge on any atom is 0.490 e. The average Bonchev–Trinajstić information content (AvgIpc) is 3.43. The van der Waals surface area contributed by atoms with Gasteiger partial charge in [0.05, 0.1) is 24.6 Å². The molecule has 0 aliphatic carbocycles. The van der Waals surface area contributed by atoms with Crippen molar-refractivity contribution < 1.29 is 37.1 Å². The van der Waals surface area contributed by atoms with Crippen LogP contribution in [0.5, 0.6) is 0 Å². The van der Waals surface area contributed by atoms with Crippen molar-refractivity contribution in [1.29, 1.82) is 0 Å². The second-order valence-electron chi connectivity index (χ2n) is 7.52. The number of nitrogens with one attached hydrogen (secondary N) is 1. The molecule has 2 N–H and O–H groups in total. The molecule has 13 heteroatoms. The zero-order chi connectivity index (χ0) is 23.3. The first-order valence-electron chi connectivity index (χ1n) is 9.74. The first kappa shape index (κ1) is 23.6. The lowest BCUT2D eigenvalue weighted by molar-refractivity contribution is -0.192. The van der Waals surface area contributed by atoms with Gasteiger partial charge in [-0.05, 0) is 6.92 Å². The summed E-state index contributed by atoms with van der Waals surface area (Å²) < 4.78 is 42.8. The van der Waals surface area contributed by atoms with Crippen LogP contribution in [-0.2, 0) is 16.1 Å². The molecule has 2 aromatic rings. The van der Waals surface area contributed by atoms with Gasteiger partial charge in [0.15, 0.2) is 0 Å². The molecule has 174 valence electrons. The molecule has 2 fully saturated rings. The minimum absolute atomic E-state index is 0.190. The Hall–Kier alpha value is -3.06. The first-order chi connectivity index (χ1) is 15.1. The summed E-state index contributed by atoms with van der Waals surface area (Å²) in [7, 11) is 0. The summed E-state index contributed by atoms with van der Waals surface area (Å²) in [5.74, 6) is -1.38. The predicted molar refractivity (Wildman–Crippen MR) is 101 cm³/mol. The Bertz CT molecular complexity index is 924. The van der Waals surface area contributed by atoms with Crippen LogP contribution in [0.25, 0.3) is 0 Å². The summed E-state index contributed by atoms with van der Waals surface area (Å²) in [6.07, 6.45) is -0.313. The monoisotopic (exact) mass is 457 g/mol. The van der Waals surface area contributed by atoms with E-state index in [-0.39, 0.29) is 12.0 Å². The van der Waals surface area contributed by atoms with Gasteiger partial charge in [0.2, 0.25) is 0 Å². The van der Waals surface area contributed by atoms with Crippen molar-refractivity contribution in [3.8, 4) is 0 Å². The number of alkyl halides is 3. The molecule has 10 nitrogen and oxygen atoms in total. The van der Waals surface area contributed by atoms with Gasteiger partial charge in [-0.15, -0.1) is 0 Å². The number of ether oxygens (including phenoxy) is 1. The van der Waals surface area contributed by atoms with Gasteiger partial charge in [-0.25, -0.2) is 9.78 Å². The number of carboxylic acid groups (broad SMARTS) is 1. The summed E-state index contributed by atoms with van der Waals surface area (Å²) in [6.45, 7) is 5.79. The van der Waals surface area contributed by atoms with Gasteiger partial charge in [0, 0.05) is 56.5 Å². The number of carboxylic acids is 1. The van der Waals surface area contributed by atoms with E-state index in [9.17, 15) is 18.0 Å². The number of hydrogen-bond acceptors (Lipinski definition) is 8. The maximum atomic E-state index is 12.1. The molecule has 4 rings (SSSR count). The van der Waals surface area contributed by atoms with Gasteiger partial charge in [0.1, 0.15) is 11.5 Å². The molecule has 2 saturated heterocycles. The Balaban J connectivity index is 0.000000360. The third-order valence-electron chi connectivity index (χ3n) is 5.14. The van der Waals surface area contributed by atoms with E-state index in [1.165, 1.54) is 12.4 Å². The van der Waals surface area contributed by atoms with Crippen molar-refractivity contribution in [3.63, 3.8) is 0 Å². The minimum atomic E-state index is -5.08. The highest BCUT2D eigenvalue weighted by atomic mass is 19.4. The normalized spacial score (nSPS) is 22.7. The fourth-order valence-electron chi connectivity index (χ4n) is 3.67. The van der Waals surface area contributed by atoms with Crippen molar-refractivity contribution in [2.24, 2.45) is 11.8 Å². The van der Waals surface area contributed by atoms with Crippen molar-refractivity contribution in [1.82, 2.24) is 25.3 Å². The van der Waals surface area contributed by atoms with Crippen LogP contribution in [0.15, 0.2) is 29.2 Å². The Morgan fingerprint density at radius 3 is 2.66 bits per heavy atom. The van der Waals surface area contributed by atoms with E-state index in [1.54, 1.807) is 6.20 Å². The van der Waals surface area contributed by atoms with E-state index in [0.29, 0.717) is 30.7 Å². The predicted octanol–water partition coefficient (Wildman–Crippen LogP) is 1.28. The lowest BCUT2D eigenvalue weighted by Crippen LogP contribution is -2.34. The molecule has 0 unspecified atom stereocenters. The number of halogens is 3. The first-order valence-corrected chi connectivity index (χ1v) is 9.74. The van der Waals surface area contributed by atoms with Crippen LogP contribution in [0.3, 0.4) is 0 Å². The van der Waals surface area contributed by atoms with Gasteiger partial charge >= 0.3 is 12.1 Å². The average molecular weight is 457 g/mol. The third kappa shape index (κ3) is 6.23. The van der Waals surface area contributed by atoms with Gasteiger partial charge in [-0.2, -0.15) is 13.2 Å². The van der Waals surface area contributed by atoms with E-state index in [1.807, 2.05) is 13.0 Å². The van der Waals surface area contributed by atoms with E-state index < -0.39 is 12.1 Å². The number of carbonyl (C=O) groups is 2. The molecule has 1 amide bonds. The molecule has 2 aliphatic rings. The van der Waals surface area contributed by atoms with Crippen LogP contribution in [0.1, 0.15) is 21.9 Å². The van der Waals surface area contributed by atoms with Crippen molar-refractivity contribution in [3.05, 3.63) is 41.8 Å². The summed E-state index contributed by atoms with van der Waals surface area (Å²) in [5, 5.41) is 14.1. The molecular weight excluding hydrogens is 435 g/mol. The quantitative estimate of drug-likeness (QED) is 0.682. The number of likely N-dealkylation sites (tertiary alicyclic amines) is 1. The van der Waals surface area contributed by atoms with E-state index in [0.717, 1.165) is 31.1 Å². The molecule has 0 radical (unpaired) electrons. The number of aromatic nitrogens is 3. The van der Waals surface area contributed by atoms with Gasteiger partial charge in [0.25, 0.3) is 5.91 Å². The Labute approximate surface area is 180 Å². The Kier molecular flexibility index (Phi) is 7.40. The number of carbonyl (C=O) groups excluding carboxylic acids is 1. The highest BCUT2D eigenvalue weighted by Gasteiger charge is 2.43. The van der Waals surface area contributed by atoms with Gasteiger partial charge in [-0.1, -0.05) is 5.16 Å². The minimum Gasteiger partial charge on any atom is -0.475 e. The standard InChI is InChI=1S/C17H21N5O3.C2HF3O2/c1-11-4-13(21-25-11)7-22-8-14-12(10-24-16(14)9-22)5-20-17(23)15-6-18-2-3-19-15;3-2(4,5)1(6)7/h2-4,6,12,14,16H,5,7-10H2,1H3,(H,20,23);(H,6,7)/t12-,14-,16-;/m1./s1. The number of aliphatic carboxylic acids is 1. The van der Waals surface area contributed by atoms with Crippen molar-refractivity contribution in [2.75, 3.05) is 26.2 Å². The van der Waals surface area contributed by atoms with Crippen molar-refractivity contribution in [2.45, 2.75) is 25.7 Å². The SMILES string of the molecule is Cc1cc(CN2C[C@@H]3[C@H](CNC(=O)c4cnccn4)CO[C@@H]3C2)no1.O=C(O)C(F)(F)F. The summed E-state index contributed by atoms with van der Waals surface area (Å²) in [4.78, 5) is 31.3. The number of rotatable bonds is 5. The molecule has 0 saturated carbocycles. The molecular formula is C19H22F3N5O5. The lowest BCUT2D eigenvalue weighted by Gasteiger charge is -2.19. The third-order valence-corrected chi connectivity index (χ3v) is 5.14. The van der Waals surface area contributed by atoms with Gasteiger partial charge < -0.3 is 19.7 Å². The maximum absolute atomic E-state index is 12.1. The summed E-state index contributed by atoms with van der Waals surface area (Å²) in [6, 6.07) is 1.97. The van der Waals surface area contributed by atoms with Crippen LogP contribution >= 0.6 is 0 Å². The number of aryl methyl sites for hydroxylation is 1. The second-order valence-corrected chi connectivity index (χ2v) is 7.52. The Morgan fingerprint density at radius 1 is 1.31 bits per heavy atom. The molecule has 32 heavy (non-hydrogen) atoms. The van der Waals surface area contributed by atoms with Crippen LogP contribution in [-0.4, -0.2) is 75.5 Å². The number of amides is 1. The zero-order valence-corrected chi connectivity index (χ0v) is 17.1. The highest BCUT2D eigenvalue weighted by molar-refractivity contribution is 5.91. The molecule has 0 bridgehead atoms. The topological polar surface area (TPSA) is 131 Å². The lowest BCUT2D eigenvalue weighted by atomic mass is 9.93. The molecule has 2 aromatic heterocycles. The number of nitrogens with zero attached hydrogens (tertiary/aromatic N) is 4. The zero-order valence-electron chi connectivity index (χ0n) is 17.1. The summed E-state index contributed by atoms with van der Waals surface area (Å²) >= 11 is 0. The number of hydrogen-bond donors (Lipinski definition) is 2.